The van der Waals surface area contributed by atoms with Crippen LogP contribution < -0.4 is 0 Å². The summed E-state index contributed by atoms with van der Waals surface area (Å²) in [6.45, 7) is 0.900. The lowest BCUT2D eigenvalue weighted by atomic mass is 10.1. The van der Waals surface area contributed by atoms with E-state index in [0.717, 1.165) is 26.9 Å². The molecule has 2 aromatic carbocycles. The highest BCUT2D eigenvalue weighted by Crippen LogP contribution is 2.34. The lowest BCUT2D eigenvalue weighted by Gasteiger charge is -2.21. The van der Waals surface area contributed by atoms with E-state index in [4.69, 9.17) is 0 Å². The van der Waals surface area contributed by atoms with Crippen molar-refractivity contribution in [1.82, 2.24) is 14.8 Å². The smallest absolute Gasteiger partial charge is 0.277 e. The number of amides is 2. The first kappa shape index (κ1) is 20.3. The highest BCUT2D eigenvalue weighted by atomic mass is 32.1. The average Bonchev–Trinajstić information content (AvgIpc) is 3.52. The molecular formula is C26H23N3O2S. The van der Waals surface area contributed by atoms with Crippen LogP contribution in [0.4, 0.5) is 0 Å². The van der Waals surface area contributed by atoms with E-state index >= 15 is 0 Å². The third kappa shape index (κ3) is 3.63. The molecule has 0 radical (unpaired) electrons. The van der Waals surface area contributed by atoms with Gasteiger partial charge in [-0.2, -0.15) is 0 Å². The van der Waals surface area contributed by atoms with Gasteiger partial charge in [0.05, 0.1) is 5.57 Å². The van der Waals surface area contributed by atoms with E-state index in [1.54, 1.807) is 0 Å². The van der Waals surface area contributed by atoms with Crippen LogP contribution in [0, 0.1) is 0 Å². The van der Waals surface area contributed by atoms with Crippen LogP contribution >= 0.6 is 11.3 Å². The van der Waals surface area contributed by atoms with Gasteiger partial charge in [0, 0.05) is 42.1 Å². The van der Waals surface area contributed by atoms with Crippen LogP contribution in [0.15, 0.2) is 84.0 Å². The lowest BCUT2D eigenvalue weighted by molar-refractivity contribution is -0.137. The zero-order valence-electron chi connectivity index (χ0n) is 17.7. The molecule has 0 aliphatic carbocycles. The number of nitrogens with one attached hydrogen (secondary N) is 1. The summed E-state index contributed by atoms with van der Waals surface area (Å²) in [5.41, 5.74) is 4.22. The third-order valence-corrected chi connectivity index (χ3v) is 6.72. The van der Waals surface area contributed by atoms with Gasteiger partial charge in [-0.15, -0.1) is 11.3 Å². The van der Waals surface area contributed by atoms with Crippen LogP contribution in [0.5, 0.6) is 0 Å². The van der Waals surface area contributed by atoms with Crippen molar-refractivity contribution in [2.45, 2.75) is 13.0 Å². The monoisotopic (exact) mass is 441 g/mol. The second-order valence-electron chi connectivity index (χ2n) is 7.91. The number of para-hydroxylation sites is 1. The molecule has 0 saturated carbocycles. The second kappa shape index (κ2) is 8.48. The minimum absolute atomic E-state index is 0.216. The Balaban J connectivity index is 1.43. The SMILES string of the molecule is CN(Cc1ccccc1)C1=C(c2cccs2)C(=O)N(CCc2c[nH]c3ccccc23)C1=O. The van der Waals surface area contributed by atoms with Gasteiger partial charge in [-0.25, -0.2) is 0 Å². The summed E-state index contributed by atoms with van der Waals surface area (Å²) in [5.74, 6) is -0.441. The number of nitrogens with zero attached hydrogens (tertiary/aromatic N) is 2. The molecule has 4 aromatic rings. The van der Waals surface area contributed by atoms with Crippen LogP contribution in [0.3, 0.4) is 0 Å². The Morgan fingerprint density at radius 2 is 1.72 bits per heavy atom. The number of benzene rings is 2. The van der Waals surface area contributed by atoms with Gasteiger partial charge in [-0.05, 0) is 35.1 Å². The number of likely N-dealkylation sites (N-methyl/N-ethyl adjacent to an activating group) is 1. The summed E-state index contributed by atoms with van der Waals surface area (Å²) in [7, 11) is 1.88. The Morgan fingerprint density at radius 3 is 2.50 bits per heavy atom. The Labute approximate surface area is 190 Å². The second-order valence-corrected chi connectivity index (χ2v) is 8.86. The first-order chi connectivity index (χ1) is 15.6. The topological polar surface area (TPSA) is 56.4 Å². The van der Waals surface area contributed by atoms with E-state index in [1.807, 2.05) is 84.2 Å². The molecule has 0 unspecified atom stereocenters. The first-order valence-electron chi connectivity index (χ1n) is 10.6. The number of imide groups is 1. The summed E-state index contributed by atoms with van der Waals surface area (Å²) in [5, 5.41) is 3.06. The van der Waals surface area contributed by atoms with Gasteiger partial charge in [0.1, 0.15) is 5.70 Å². The fraction of sp³-hybridized carbons (Fsp3) is 0.154. The number of H-pyrrole nitrogens is 1. The van der Waals surface area contributed by atoms with E-state index in [0.29, 0.717) is 30.8 Å². The fourth-order valence-electron chi connectivity index (χ4n) is 4.27. The number of aromatic nitrogens is 1. The molecular weight excluding hydrogens is 418 g/mol. The largest absolute Gasteiger partial charge is 0.365 e. The molecule has 0 fully saturated rings. The highest BCUT2D eigenvalue weighted by Gasteiger charge is 2.41. The number of hydrogen-bond donors (Lipinski definition) is 1. The molecule has 0 saturated heterocycles. The van der Waals surface area contributed by atoms with Gasteiger partial charge in [0.15, 0.2) is 0 Å². The van der Waals surface area contributed by atoms with Crippen molar-refractivity contribution in [3.63, 3.8) is 0 Å². The Morgan fingerprint density at radius 1 is 0.938 bits per heavy atom. The van der Waals surface area contributed by atoms with Gasteiger partial charge in [0.2, 0.25) is 0 Å². The zero-order chi connectivity index (χ0) is 22.1. The van der Waals surface area contributed by atoms with Crippen LogP contribution in [-0.2, 0) is 22.6 Å². The van der Waals surface area contributed by atoms with Crippen LogP contribution in [0.25, 0.3) is 16.5 Å². The van der Waals surface area contributed by atoms with Crippen LogP contribution in [0.2, 0.25) is 0 Å². The van der Waals surface area contributed by atoms with Crippen LogP contribution in [0.1, 0.15) is 16.0 Å². The summed E-state index contributed by atoms with van der Waals surface area (Å²) in [4.78, 5) is 34.3. The van der Waals surface area contributed by atoms with Crippen molar-refractivity contribution in [3.05, 3.63) is 100 Å². The van der Waals surface area contributed by atoms with Crippen molar-refractivity contribution in [3.8, 4) is 0 Å². The average molecular weight is 442 g/mol. The number of carbonyl (C=O) groups is 2. The zero-order valence-corrected chi connectivity index (χ0v) is 18.6. The quantitative estimate of drug-likeness (QED) is 0.424. The molecule has 0 bridgehead atoms. The molecule has 0 atom stereocenters. The number of fused-ring (bicyclic) bond motifs is 1. The molecule has 160 valence electrons. The summed E-state index contributed by atoms with van der Waals surface area (Å²) in [6.07, 6.45) is 2.57. The van der Waals surface area contributed by atoms with Crippen molar-refractivity contribution >= 4 is 39.6 Å². The Bertz CT molecular complexity index is 1310. The predicted octanol–water partition coefficient (Wildman–Crippen LogP) is 4.68. The van der Waals surface area contributed by atoms with Gasteiger partial charge in [-0.1, -0.05) is 54.6 Å². The van der Waals surface area contributed by atoms with E-state index in [9.17, 15) is 9.59 Å². The molecule has 5 nitrogen and oxygen atoms in total. The van der Waals surface area contributed by atoms with Gasteiger partial charge < -0.3 is 9.88 Å². The molecule has 3 heterocycles. The normalized spacial score (nSPS) is 14.1. The van der Waals surface area contributed by atoms with E-state index < -0.39 is 0 Å². The number of hydrogen-bond acceptors (Lipinski definition) is 4. The summed E-state index contributed by atoms with van der Waals surface area (Å²) >= 11 is 1.48. The minimum atomic E-state index is -0.225. The first-order valence-corrected chi connectivity index (χ1v) is 11.5. The summed E-state index contributed by atoms with van der Waals surface area (Å²) in [6, 6.07) is 21.9. The number of aromatic amines is 1. The maximum atomic E-state index is 13.5. The van der Waals surface area contributed by atoms with Gasteiger partial charge in [0.25, 0.3) is 11.8 Å². The fourth-order valence-corrected chi connectivity index (χ4v) is 5.03. The molecule has 1 aliphatic rings. The Hall–Kier alpha value is -3.64. The predicted molar refractivity (Wildman–Crippen MR) is 128 cm³/mol. The van der Waals surface area contributed by atoms with E-state index in [2.05, 4.69) is 11.1 Å². The molecule has 0 spiro atoms. The highest BCUT2D eigenvalue weighted by molar-refractivity contribution is 7.11. The molecule has 2 aromatic heterocycles. The van der Waals surface area contributed by atoms with Crippen molar-refractivity contribution in [2.24, 2.45) is 0 Å². The maximum Gasteiger partial charge on any atom is 0.277 e. The standard InChI is InChI=1S/C26H23N3O2S/c1-28(17-18-8-3-2-4-9-18)24-23(22-12-7-15-32-22)25(30)29(26(24)31)14-13-19-16-27-21-11-6-5-10-20(19)21/h2-12,15-16,27H,13-14,17H2,1H3. The number of thiophene rings is 1. The Kier molecular flexibility index (Phi) is 5.37. The molecule has 1 aliphatic heterocycles. The van der Waals surface area contributed by atoms with Gasteiger partial charge >= 0.3 is 0 Å². The molecule has 2 amide bonds. The minimum Gasteiger partial charge on any atom is -0.365 e. The lowest BCUT2D eigenvalue weighted by Crippen LogP contribution is -2.35. The third-order valence-electron chi connectivity index (χ3n) is 5.84. The van der Waals surface area contributed by atoms with Gasteiger partial charge in [-0.3, -0.25) is 14.5 Å². The number of carbonyl (C=O) groups excluding carboxylic acids is 2. The van der Waals surface area contributed by atoms with E-state index in [-0.39, 0.29) is 11.8 Å². The van der Waals surface area contributed by atoms with Crippen LogP contribution in [-0.4, -0.2) is 40.2 Å². The molecule has 1 N–H and O–H groups in total. The molecule has 32 heavy (non-hydrogen) atoms. The van der Waals surface area contributed by atoms with Crippen molar-refractivity contribution < 1.29 is 9.59 Å². The van der Waals surface area contributed by atoms with E-state index in [1.165, 1.54) is 16.2 Å². The summed E-state index contributed by atoms with van der Waals surface area (Å²) < 4.78 is 0. The molecule has 6 heteroatoms. The maximum absolute atomic E-state index is 13.5. The van der Waals surface area contributed by atoms with Crippen molar-refractivity contribution in [1.29, 1.82) is 0 Å². The number of rotatable bonds is 7. The molecule has 5 rings (SSSR count). The van der Waals surface area contributed by atoms with Crippen molar-refractivity contribution in [2.75, 3.05) is 13.6 Å².